The third-order valence-electron chi connectivity index (χ3n) is 5.70. The van der Waals surface area contributed by atoms with Crippen molar-refractivity contribution >= 4 is 44.0 Å². The molecule has 1 amide bonds. The normalized spacial score (nSPS) is 11.4. The van der Waals surface area contributed by atoms with E-state index in [0.29, 0.717) is 10.7 Å². The molecule has 0 aliphatic heterocycles. The van der Waals surface area contributed by atoms with Gasteiger partial charge in [-0.1, -0.05) is 77.8 Å². The van der Waals surface area contributed by atoms with Crippen LogP contribution in [0.1, 0.15) is 16.7 Å². The monoisotopic (exact) mass is 492 g/mol. The highest BCUT2D eigenvalue weighted by Gasteiger charge is 2.27. The van der Waals surface area contributed by atoms with Crippen molar-refractivity contribution in [1.82, 2.24) is 5.32 Å². The summed E-state index contributed by atoms with van der Waals surface area (Å²) in [7, 11) is -4.00. The molecule has 0 aliphatic carbocycles. The molecule has 0 unspecified atom stereocenters. The van der Waals surface area contributed by atoms with Crippen LogP contribution in [0.4, 0.5) is 5.69 Å². The van der Waals surface area contributed by atoms with E-state index in [-0.39, 0.29) is 18.0 Å². The zero-order chi connectivity index (χ0) is 24.3. The van der Waals surface area contributed by atoms with Gasteiger partial charge in [0.15, 0.2) is 0 Å². The molecule has 174 valence electrons. The van der Waals surface area contributed by atoms with E-state index in [0.717, 1.165) is 31.8 Å². The van der Waals surface area contributed by atoms with E-state index < -0.39 is 15.9 Å². The number of sulfonamides is 1. The fraction of sp³-hybridized carbons (Fsp3) is 0.148. The first-order valence-corrected chi connectivity index (χ1v) is 12.7. The number of amides is 1. The van der Waals surface area contributed by atoms with Crippen molar-refractivity contribution in [2.24, 2.45) is 0 Å². The average Bonchev–Trinajstić information content (AvgIpc) is 2.83. The van der Waals surface area contributed by atoms with E-state index in [1.54, 1.807) is 42.5 Å². The van der Waals surface area contributed by atoms with Crippen molar-refractivity contribution in [2.45, 2.75) is 25.3 Å². The van der Waals surface area contributed by atoms with Gasteiger partial charge in [-0.05, 0) is 60.0 Å². The third-order valence-corrected chi connectivity index (χ3v) is 7.89. The molecule has 5 nitrogen and oxygen atoms in total. The Hall–Kier alpha value is -3.35. The molecule has 4 aromatic carbocycles. The van der Waals surface area contributed by atoms with Gasteiger partial charge in [-0.2, -0.15) is 0 Å². The predicted octanol–water partition coefficient (Wildman–Crippen LogP) is 5.62. The maximum absolute atomic E-state index is 13.5. The molecule has 0 aliphatic rings. The summed E-state index contributed by atoms with van der Waals surface area (Å²) in [6, 6.07) is 25.3. The summed E-state index contributed by atoms with van der Waals surface area (Å²) >= 11 is 6.29. The average molecular weight is 493 g/mol. The molecule has 34 heavy (non-hydrogen) atoms. The van der Waals surface area contributed by atoms with Crippen molar-refractivity contribution in [3.05, 3.63) is 107 Å². The smallest absolute Gasteiger partial charge is 0.264 e. The highest BCUT2D eigenvalue weighted by molar-refractivity contribution is 7.92. The zero-order valence-corrected chi connectivity index (χ0v) is 20.5. The summed E-state index contributed by atoms with van der Waals surface area (Å²) in [6.07, 6.45) is 0. The molecule has 0 atom stereocenters. The van der Waals surface area contributed by atoms with Crippen molar-refractivity contribution in [1.29, 1.82) is 0 Å². The molecule has 1 N–H and O–H groups in total. The highest BCUT2D eigenvalue weighted by Crippen LogP contribution is 2.28. The number of carbonyl (C=O) groups is 1. The molecule has 0 spiro atoms. The molecular formula is C27H25ClN2O3S. The number of benzene rings is 4. The lowest BCUT2D eigenvalue weighted by Gasteiger charge is -2.24. The Labute approximate surface area is 205 Å². The van der Waals surface area contributed by atoms with Crippen LogP contribution in [0.5, 0.6) is 0 Å². The first-order chi connectivity index (χ1) is 16.3. The maximum Gasteiger partial charge on any atom is 0.264 e. The molecule has 0 saturated carbocycles. The number of hydrogen-bond acceptors (Lipinski definition) is 3. The Bertz CT molecular complexity index is 1450. The van der Waals surface area contributed by atoms with Gasteiger partial charge < -0.3 is 5.32 Å². The van der Waals surface area contributed by atoms with Crippen LogP contribution in [0.25, 0.3) is 10.8 Å². The van der Waals surface area contributed by atoms with Gasteiger partial charge in [0.2, 0.25) is 5.91 Å². The van der Waals surface area contributed by atoms with Gasteiger partial charge in [-0.15, -0.1) is 0 Å². The standard InChI is InChI=1S/C27H25ClN2O3S/c1-19-10-14-24(15-11-19)34(32,33)30(23-13-12-20(2)26(28)16-23)18-27(31)29-17-22-8-5-7-21-6-3-4-9-25(21)22/h3-16H,17-18H2,1-2H3,(H,29,31). The molecule has 0 bridgehead atoms. The van der Waals surface area contributed by atoms with E-state index in [1.165, 1.54) is 0 Å². The second-order valence-electron chi connectivity index (χ2n) is 8.17. The topological polar surface area (TPSA) is 66.5 Å². The van der Waals surface area contributed by atoms with Gasteiger partial charge in [0.25, 0.3) is 10.0 Å². The van der Waals surface area contributed by atoms with Crippen LogP contribution < -0.4 is 9.62 Å². The SMILES string of the molecule is Cc1ccc(S(=O)(=O)N(CC(=O)NCc2cccc3ccccc23)c2ccc(C)c(Cl)c2)cc1. The van der Waals surface area contributed by atoms with E-state index in [9.17, 15) is 13.2 Å². The van der Waals surface area contributed by atoms with Crippen LogP contribution >= 0.6 is 11.6 Å². The van der Waals surface area contributed by atoms with Gasteiger partial charge in [0.05, 0.1) is 10.6 Å². The van der Waals surface area contributed by atoms with Gasteiger partial charge in [0.1, 0.15) is 6.54 Å². The summed E-state index contributed by atoms with van der Waals surface area (Å²) in [5.41, 5.74) is 3.05. The summed E-state index contributed by atoms with van der Waals surface area (Å²) in [5, 5.41) is 5.42. The minimum atomic E-state index is -4.00. The van der Waals surface area contributed by atoms with Gasteiger partial charge in [0, 0.05) is 11.6 Å². The van der Waals surface area contributed by atoms with Crippen molar-refractivity contribution in [3.8, 4) is 0 Å². The lowest BCUT2D eigenvalue weighted by molar-refractivity contribution is -0.119. The van der Waals surface area contributed by atoms with Crippen LogP contribution in [0.2, 0.25) is 5.02 Å². The summed E-state index contributed by atoms with van der Waals surface area (Å²) in [5.74, 6) is -0.416. The second-order valence-corrected chi connectivity index (χ2v) is 10.4. The number of nitrogens with one attached hydrogen (secondary N) is 1. The van der Waals surface area contributed by atoms with Crippen molar-refractivity contribution in [2.75, 3.05) is 10.8 Å². The van der Waals surface area contributed by atoms with E-state index in [2.05, 4.69) is 5.32 Å². The minimum absolute atomic E-state index is 0.108. The molecule has 4 aromatic rings. The van der Waals surface area contributed by atoms with Crippen LogP contribution in [-0.2, 0) is 21.4 Å². The molecule has 7 heteroatoms. The number of nitrogens with zero attached hydrogens (tertiary/aromatic N) is 1. The minimum Gasteiger partial charge on any atom is -0.350 e. The van der Waals surface area contributed by atoms with Crippen LogP contribution in [0, 0.1) is 13.8 Å². The number of carbonyl (C=O) groups excluding carboxylic acids is 1. The first kappa shape index (κ1) is 23.8. The number of hydrogen-bond donors (Lipinski definition) is 1. The first-order valence-electron chi connectivity index (χ1n) is 10.8. The Balaban J connectivity index is 1.61. The zero-order valence-electron chi connectivity index (χ0n) is 19.0. The Morgan fingerprint density at radius 2 is 1.62 bits per heavy atom. The number of rotatable bonds is 7. The van der Waals surface area contributed by atoms with Gasteiger partial charge >= 0.3 is 0 Å². The summed E-state index contributed by atoms with van der Waals surface area (Å²) < 4.78 is 28.2. The number of fused-ring (bicyclic) bond motifs is 1. The quantitative estimate of drug-likeness (QED) is 0.364. The largest absolute Gasteiger partial charge is 0.350 e. The highest BCUT2D eigenvalue weighted by atomic mass is 35.5. The number of aryl methyl sites for hydroxylation is 2. The van der Waals surface area contributed by atoms with E-state index in [4.69, 9.17) is 11.6 Å². The summed E-state index contributed by atoms with van der Waals surface area (Å²) in [6.45, 7) is 3.63. The lowest BCUT2D eigenvalue weighted by Crippen LogP contribution is -2.40. The Kier molecular flexibility index (Phi) is 6.91. The molecule has 0 aromatic heterocycles. The van der Waals surface area contributed by atoms with Gasteiger partial charge in [-0.3, -0.25) is 9.10 Å². The molecule has 0 radical (unpaired) electrons. The molecule has 0 heterocycles. The second kappa shape index (κ2) is 9.87. The van der Waals surface area contributed by atoms with Crippen LogP contribution in [0.15, 0.2) is 89.8 Å². The van der Waals surface area contributed by atoms with E-state index >= 15 is 0 Å². The molecule has 0 saturated heterocycles. The molecule has 4 rings (SSSR count). The van der Waals surface area contributed by atoms with Crippen molar-refractivity contribution < 1.29 is 13.2 Å². The van der Waals surface area contributed by atoms with Crippen molar-refractivity contribution in [3.63, 3.8) is 0 Å². The Morgan fingerprint density at radius 3 is 2.35 bits per heavy atom. The molecule has 0 fully saturated rings. The Morgan fingerprint density at radius 1 is 0.912 bits per heavy atom. The number of anilines is 1. The fourth-order valence-corrected chi connectivity index (χ4v) is 5.30. The van der Waals surface area contributed by atoms with E-state index in [1.807, 2.05) is 56.3 Å². The fourth-order valence-electron chi connectivity index (χ4n) is 3.72. The predicted molar refractivity (Wildman–Crippen MR) is 138 cm³/mol. The van der Waals surface area contributed by atoms with Crippen LogP contribution in [-0.4, -0.2) is 20.9 Å². The maximum atomic E-state index is 13.5. The number of halogens is 1. The lowest BCUT2D eigenvalue weighted by atomic mass is 10.0. The molecular weight excluding hydrogens is 468 g/mol. The third kappa shape index (κ3) is 5.08. The van der Waals surface area contributed by atoms with Gasteiger partial charge in [-0.25, -0.2) is 8.42 Å². The summed E-state index contributed by atoms with van der Waals surface area (Å²) in [4.78, 5) is 13.1. The van der Waals surface area contributed by atoms with Crippen LogP contribution in [0.3, 0.4) is 0 Å².